The molecule has 0 aliphatic carbocycles. The number of phenols is 1. The van der Waals surface area contributed by atoms with Gasteiger partial charge >= 0.3 is 0 Å². The summed E-state index contributed by atoms with van der Waals surface area (Å²) in [7, 11) is 1.66. The van der Waals surface area contributed by atoms with E-state index < -0.39 is 0 Å². The number of ether oxygens (including phenoxy) is 1. The highest BCUT2D eigenvalue weighted by Gasteiger charge is 2.17. The number of anilines is 1. The standard InChI is InChI=1S/C21H19N3O2/c1-26-21-6-5-15(19-11-16-13-22-8-7-18(16)24-19)10-20(21)23-12-14-3-2-4-17(25)9-14/h2-10,13,23,25H,11-12H2,1H3. The average Bonchev–Trinajstić information content (AvgIpc) is 3.10. The second-order valence-corrected chi connectivity index (χ2v) is 6.18. The van der Waals surface area contributed by atoms with Crippen LogP contribution in [0.25, 0.3) is 0 Å². The second-order valence-electron chi connectivity index (χ2n) is 6.18. The summed E-state index contributed by atoms with van der Waals surface area (Å²) in [5.74, 6) is 1.03. The predicted octanol–water partition coefficient (Wildman–Crippen LogP) is 4.08. The number of methoxy groups -OCH3 is 1. The molecule has 0 atom stereocenters. The van der Waals surface area contributed by atoms with Gasteiger partial charge in [0, 0.05) is 30.9 Å². The number of rotatable bonds is 5. The van der Waals surface area contributed by atoms with Crippen LogP contribution in [0.2, 0.25) is 0 Å². The highest BCUT2D eigenvalue weighted by Crippen LogP contribution is 2.31. The van der Waals surface area contributed by atoms with Crippen molar-refractivity contribution in [3.63, 3.8) is 0 Å². The van der Waals surface area contributed by atoms with Crippen molar-refractivity contribution in [1.82, 2.24) is 4.98 Å². The van der Waals surface area contributed by atoms with Gasteiger partial charge in [0.05, 0.1) is 24.2 Å². The molecule has 5 nitrogen and oxygen atoms in total. The Bertz CT molecular complexity index is 982. The SMILES string of the molecule is COc1ccc(C2=Nc3ccncc3C2)cc1NCc1cccc(O)c1. The monoisotopic (exact) mass is 345 g/mol. The summed E-state index contributed by atoms with van der Waals surface area (Å²) < 4.78 is 5.48. The normalized spacial score (nSPS) is 12.4. The topological polar surface area (TPSA) is 66.7 Å². The summed E-state index contributed by atoms with van der Waals surface area (Å²) in [5, 5.41) is 13.0. The lowest BCUT2D eigenvalue weighted by Crippen LogP contribution is -2.05. The zero-order valence-corrected chi connectivity index (χ0v) is 14.4. The molecule has 0 saturated carbocycles. The lowest BCUT2D eigenvalue weighted by atomic mass is 10.0. The van der Waals surface area contributed by atoms with Crippen molar-refractivity contribution in [3.05, 3.63) is 77.6 Å². The maximum Gasteiger partial charge on any atom is 0.142 e. The number of aliphatic imine (C=N–C) groups is 1. The molecule has 0 unspecified atom stereocenters. The molecule has 0 fully saturated rings. The second kappa shape index (κ2) is 6.88. The first-order chi connectivity index (χ1) is 12.7. The molecule has 1 aliphatic rings. The lowest BCUT2D eigenvalue weighted by molar-refractivity contribution is 0.416. The molecule has 0 radical (unpaired) electrons. The van der Waals surface area contributed by atoms with E-state index in [0.29, 0.717) is 6.54 Å². The summed E-state index contributed by atoms with van der Waals surface area (Å²) in [6, 6.07) is 15.2. The van der Waals surface area contributed by atoms with Crippen LogP contribution in [0.1, 0.15) is 16.7 Å². The highest BCUT2D eigenvalue weighted by atomic mass is 16.5. The Balaban J connectivity index is 1.58. The molecule has 2 aromatic carbocycles. The zero-order chi connectivity index (χ0) is 17.9. The molecule has 2 heterocycles. The fraction of sp³-hybridized carbons (Fsp3) is 0.143. The molecule has 130 valence electrons. The first-order valence-corrected chi connectivity index (χ1v) is 8.43. The molecule has 4 rings (SSSR count). The molecule has 26 heavy (non-hydrogen) atoms. The van der Waals surface area contributed by atoms with Gasteiger partial charge in [-0.15, -0.1) is 0 Å². The van der Waals surface area contributed by atoms with Gasteiger partial charge in [0.25, 0.3) is 0 Å². The number of hydrogen-bond acceptors (Lipinski definition) is 5. The van der Waals surface area contributed by atoms with Crippen LogP contribution in [0.15, 0.2) is 65.9 Å². The highest BCUT2D eigenvalue weighted by molar-refractivity contribution is 6.07. The average molecular weight is 345 g/mol. The molecule has 1 aromatic heterocycles. The van der Waals surface area contributed by atoms with Crippen molar-refractivity contribution in [2.24, 2.45) is 4.99 Å². The number of nitrogens with one attached hydrogen (secondary N) is 1. The number of pyridine rings is 1. The maximum absolute atomic E-state index is 9.61. The van der Waals surface area contributed by atoms with E-state index in [1.54, 1.807) is 25.4 Å². The van der Waals surface area contributed by atoms with Gasteiger partial charge in [0.2, 0.25) is 0 Å². The predicted molar refractivity (Wildman–Crippen MR) is 103 cm³/mol. The third kappa shape index (κ3) is 3.24. The van der Waals surface area contributed by atoms with E-state index in [0.717, 1.165) is 45.9 Å². The summed E-state index contributed by atoms with van der Waals surface area (Å²) in [6.07, 6.45) is 4.42. The van der Waals surface area contributed by atoms with Gasteiger partial charge in [-0.3, -0.25) is 9.98 Å². The van der Waals surface area contributed by atoms with Crippen LogP contribution >= 0.6 is 0 Å². The number of fused-ring (bicyclic) bond motifs is 1. The van der Waals surface area contributed by atoms with Gasteiger partial charge in [-0.1, -0.05) is 12.1 Å². The smallest absolute Gasteiger partial charge is 0.142 e. The molecular weight excluding hydrogens is 326 g/mol. The van der Waals surface area contributed by atoms with Crippen LogP contribution in [0.5, 0.6) is 11.5 Å². The van der Waals surface area contributed by atoms with Crippen LogP contribution in [-0.4, -0.2) is 22.9 Å². The fourth-order valence-electron chi connectivity index (χ4n) is 3.09. The third-order valence-corrected chi connectivity index (χ3v) is 4.42. The van der Waals surface area contributed by atoms with Gasteiger partial charge in [-0.05, 0) is 47.5 Å². The van der Waals surface area contributed by atoms with Crippen molar-refractivity contribution in [1.29, 1.82) is 0 Å². The van der Waals surface area contributed by atoms with Crippen LogP contribution < -0.4 is 10.1 Å². The van der Waals surface area contributed by atoms with Crippen molar-refractivity contribution in [3.8, 4) is 11.5 Å². The quantitative estimate of drug-likeness (QED) is 0.731. The number of hydrogen-bond donors (Lipinski definition) is 2. The minimum atomic E-state index is 0.261. The lowest BCUT2D eigenvalue weighted by Gasteiger charge is -2.13. The Morgan fingerprint density at radius 2 is 2.08 bits per heavy atom. The number of aromatic hydroxyl groups is 1. The minimum Gasteiger partial charge on any atom is -0.508 e. The summed E-state index contributed by atoms with van der Waals surface area (Å²) >= 11 is 0. The molecule has 1 aliphatic heterocycles. The molecule has 5 heteroatoms. The van der Waals surface area contributed by atoms with Crippen LogP contribution in [0, 0.1) is 0 Å². The summed E-state index contributed by atoms with van der Waals surface area (Å²) in [5.41, 5.74) is 6.10. The van der Waals surface area contributed by atoms with Crippen LogP contribution in [0.4, 0.5) is 11.4 Å². The number of aromatic nitrogens is 1. The van der Waals surface area contributed by atoms with E-state index in [9.17, 15) is 5.11 Å². The number of nitrogens with zero attached hydrogens (tertiary/aromatic N) is 2. The van der Waals surface area contributed by atoms with Gasteiger partial charge in [0.15, 0.2) is 0 Å². The van der Waals surface area contributed by atoms with Gasteiger partial charge < -0.3 is 15.2 Å². The van der Waals surface area contributed by atoms with Crippen molar-refractivity contribution in [2.45, 2.75) is 13.0 Å². The summed E-state index contributed by atoms with van der Waals surface area (Å²) in [6.45, 7) is 0.588. The Morgan fingerprint density at radius 3 is 2.88 bits per heavy atom. The summed E-state index contributed by atoms with van der Waals surface area (Å²) in [4.78, 5) is 8.90. The zero-order valence-electron chi connectivity index (χ0n) is 14.4. The van der Waals surface area contributed by atoms with Crippen molar-refractivity contribution >= 4 is 17.1 Å². The third-order valence-electron chi connectivity index (χ3n) is 4.42. The van der Waals surface area contributed by atoms with Gasteiger partial charge in [-0.25, -0.2) is 0 Å². The van der Waals surface area contributed by atoms with E-state index in [2.05, 4.69) is 16.4 Å². The Hall–Kier alpha value is -3.34. The first-order valence-electron chi connectivity index (χ1n) is 8.43. The molecule has 0 bridgehead atoms. The van der Waals surface area contributed by atoms with E-state index in [1.165, 1.54) is 0 Å². The fourth-order valence-corrected chi connectivity index (χ4v) is 3.09. The number of benzene rings is 2. The Kier molecular flexibility index (Phi) is 4.27. The molecule has 3 aromatic rings. The van der Waals surface area contributed by atoms with Gasteiger partial charge in [-0.2, -0.15) is 0 Å². The largest absolute Gasteiger partial charge is 0.508 e. The first kappa shape index (κ1) is 16.1. The van der Waals surface area contributed by atoms with Crippen LogP contribution in [-0.2, 0) is 13.0 Å². The van der Waals surface area contributed by atoms with Gasteiger partial charge in [0.1, 0.15) is 11.5 Å². The molecule has 2 N–H and O–H groups in total. The minimum absolute atomic E-state index is 0.261. The van der Waals surface area contributed by atoms with Crippen molar-refractivity contribution in [2.75, 3.05) is 12.4 Å². The molecule has 0 saturated heterocycles. The Labute approximate surface area is 152 Å². The molecule has 0 amide bonds. The Morgan fingerprint density at radius 1 is 1.15 bits per heavy atom. The maximum atomic E-state index is 9.61. The van der Waals surface area contributed by atoms with Crippen molar-refractivity contribution < 1.29 is 9.84 Å². The van der Waals surface area contributed by atoms with E-state index >= 15 is 0 Å². The number of phenolic OH excluding ortho intramolecular Hbond substituents is 1. The van der Waals surface area contributed by atoms with E-state index in [-0.39, 0.29) is 5.75 Å². The van der Waals surface area contributed by atoms with E-state index in [1.807, 2.05) is 36.5 Å². The van der Waals surface area contributed by atoms with Crippen LogP contribution in [0.3, 0.4) is 0 Å². The van der Waals surface area contributed by atoms with E-state index in [4.69, 9.17) is 9.73 Å². The molecular formula is C21H19N3O2. The molecule has 0 spiro atoms.